The molecule has 2 aliphatic rings. The first-order chi connectivity index (χ1) is 8.90. The van der Waals surface area contributed by atoms with E-state index in [0.29, 0.717) is 12.8 Å². The van der Waals surface area contributed by atoms with Crippen LogP contribution in [0.2, 0.25) is 0 Å². The van der Waals surface area contributed by atoms with Crippen molar-refractivity contribution in [3.8, 4) is 0 Å². The average molecular weight is 267 g/mol. The van der Waals surface area contributed by atoms with Gasteiger partial charge in [0, 0.05) is 12.5 Å². The highest BCUT2D eigenvalue weighted by Gasteiger charge is 2.43. The fourth-order valence-electron chi connectivity index (χ4n) is 2.43. The molecule has 7 heteroatoms. The maximum Gasteiger partial charge on any atom is 0.330 e. The minimum Gasteiger partial charge on any atom is -0.352 e. The molecule has 19 heavy (non-hydrogen) atoms. The van der Waals surface area contributed by atoms with Crippen molar-refractivity contribution in [2.75, 3.05) is 6.54 Å². The van der Waals surface area contributed by atoms with Gasteiger partial charge < -0.3 is 5.32 Å². The second-order valence-corrected chi connectivity index (χ2v) is 5.27. The third-order valence-corrected chi connectivity index (χ3v) is 3.44. The molecule has 2 rings (SSSR count). The summed E-state index contributed by atoms with van der Waals surface area (Å²) < 4.78 is 0. The van der Waals surface area contributed by atoms with E-state index in [1.165, 1.54) is 0 Å². The van der Waals surface area contributed by atoms with E-state index in [4.69, 9.17) is 0 Å². The van der Waals surface area contributed by atoms with Gasteiger partial charge in [-0.2, -0.15) is 0 Å². The Morgan fingerprint density at radius 1 is 1.26 bits per heavy atom. The van der Waals surface area contributed by atoms with Gasteiger partial charge in [-0.3, -0.25) is 24.6 Å². The van der Waals surface area contributed by atoms with Crippen LogP contribution in [0.4, 0.5) is 4.79 Å². The molecule has 2 atom stereocenters. The van der Waals surface area contributed by atoms with Crippen molar-refractivity contribution >= 4 is 23.8 Å². The Kier molecular flexibility index (Phi) is 3.55. The topological polar surface area (TPSA) is 95.6 Å². The first-order valence-corrected chi connectivity index (χ1v) is 6.35. The fraction of sp³-hybridized carbons (Fsp3) is 0.667. The highest BCUT2D eigenvalue weighted by Crippen LogP contribution is 2.20. The number of barbiturate groups is 1. The van der Waals surface area contributed by atoms with Crippen molar-refractivity contribution in [3.05, 3.63) is 0 Å². The number of nitrogens with zero attached hydrogens (tertiary/aromatic N) is 1. The molecule has 0 radical (unpaired) electrons. The van der Waals surface area contributed by atoms with E-state index < -0.39 is 23.8 Å². The molecule has 0 spiro atoms. The summed E-state index contributed by atoms with van der Waals surface area (Å²) in [7, 11) is 0. The molecular formula is C12H17N3O4. The molecule has 0 aliphatic carbocycles. The third kappa shape index (κ3) is 2.59. The second kappa shape index (κ2) is 4.99. The number of urea groups is 1. The van der Waals surface area contributed by atoms with Crippen LogP contribution >= 0.6 is 0 Å². The van der Waals surface area contributed by atoms with Crippen molar-refractivity contribution in [1.29, 1.82) is 0 Å². The highest BCUT2D eigenvalue weighted by molar-refractivity contribution is 6.16. The molecule has 7 nitrogen and oxygen atoms in total. The molecule has 2 fully saturated rings. The Morgan fingerprint density at radius 3 is 2.47 bits per heavy atom. The lowest BCUT2D eigenvalue weighted by atomic mass is 9.92. The molecular weight excluding hydrogens is 250 g/mol. The Balaban J connectivity index is 2.10. The largest absolute Gasteiger partial charge is 0.352 e. The van der Waals surface area contributed by atoms with Crippen LogP contribution in [0, 0.1) is 11.8 Å². The number of carbonyl (C=O) groups excluding carboxylic acids is 4. The van der Waals surface area contributed by atoms with Crippen LogP contribution in [0.15, 0.2) is 0 Å². The summed E-state index contributed by atoms with van der Waals surface area (Å²) in [5.41, 5.74) is 0. The molecule has 2 heterocycles. The Labute approximate surface area is 110 Å². The van der Waals surface area contributed by atoms with Gasteiger partial charge in [0.15, 0.2) is 0 Å². The number of amides is 5. The molecule has 2 aliphatic heterocycles. The highest BCUT2D eigenvalue weighted by atomic mass is 16.2. The summed E-state index contributed by atoms with van der Waals surface area (Å²) in [6.07, 6.45) is 0.997. The summed E-state index contributed by atoms with van der Waals surface area (Å²) in [5, 5.41) is 4.89. The van der Waals surface area contributed by atoms with Gasteiger partial charge in [-0.1, -0.05) is 13.8 Å². The molecule has 2 N–H and O–H groups in total. The first kappa shape index (κ1) is 13.5. The van der Waals surface area contributed by atoms with Crippen LogP contribution in [0.1, 0.15) is 26.7 Å². The average Bonchev–Trinajstić information content (AvgIpc) is 2.69. The molecule has 2 unspecified atom stereocenters. The van der Waals surface area contributed by atoms with E-state index in [0.717, 1.165) is 4.90 Å². The standard InChI is InChI=1S/C12H17N3O4/c1-6(2)9-10(17)14-12(19)15(11(9)18)5-7-3-4-8(16)13-7/h6-7,9H,3-5H2,1-2H3,(H,13,16)(H,14,17,19). The molecule has 2 saturated heterocycles. The lowest BCUT2D eigenvalue weighted by Crippen LogP contribution is -2.61. The number of hydrogen-bond acceptors (Lipinski definition) is 4. The monoisotopic (exact) mass is 267 g/mol. The zero-order valence-electron chi connectivity index (χ0n) is 10.9. The van der Waals surface area contributed by atoms with Gasteiger partial charge in [-0.05, 0) is 12.3 Å². The fourth-order valence-corrected chi connectivity index (χ4v) is 2.43. The number of hydrogen-bond donors (Lipinski definition) is 2. The van der Waals surface area contributed by atoms with Crippen LogP contribution in [-0.4, -0.2) is 41.2 Å². The normalized spacial score (nSPS) is 27.8. The van der Waals surface area contributed by atoms with E-state index in [1.54, 1.807) is 13.8 Å². The van der Waals surface area contributed by atoms with Crippen LogP contribution in [0.25, 0.3) is 0 Å². The number of nitrogens with one attached hydrogen (secondary N) is 2. The lowest BCUT2D eigenvalue weighted by molar-refractivity contribution is -0.144. The summed E-state index contributed by atoms with van der Waals surface area (Å²) in [6, 6.07) is -0.920. The van der Waals surface area contributed by atoms with Crippen LogP contribution < -0.4 is 10.6 Å². The second-order valence-electron chi connectivity index (χ2n) is 5.27. The van der Waals surface area contributed by atoms with Crippen LogP contribution in [-0.2, 0) is 14.4 Å². The van der Waals surface area contributed by atoms with E-state index in [1.807, 2.05) is 0 Å². The Hall–Kier alpha value is -1.92. The molecule has 104 valence electrons. The first-order valence-electron chi connectivity index (χ1n) is 6.35. The lowest BCUT2D eigenvalue weighted by Gasteiger charge is -2.33. The van der Waals surface area contributed by atoms with Gasteiger partial charge >= 0.3 is 6.03 Å². The summed E-state index contributed by atoms with van der Waals surface area (Å²) in [6.45, 7) is 3.63. The van der Waals surface area contributed by atoms with Crippen molar-refractivity contribution in [2.24, 2.45) is 11.8 Å². The van der Waals surface area contributed by atoms with Gasteiger partial charge in [0.1, 0.15) is 5.92 Å². The minimum absolute atomic E-state index is 0.0775. The zero-order chi connectivity index (χ0) is 14.2. The van der Waals surface area contributed by atoms with Gasteiger partial charge in [0.25, 0.3) is 0 Å². The van der Waals surface area contributed by atoms with Gasteiger partial charge in [0.2, 0.25) is 17.7 Å². The zero-order valence-corrected chi connectivity index (χ0v) is 10.9. The van der Waals surface area contributed by atoms with Crippen molar-refractivity contribution < 1.29 is 19.2 Å². The summed E-state index contributed by atoms with van der Waals surface area (Å²) in [4.78, 5) is 47.7. The van der Waals surface area contributed by atoms with E-state index >= 15 is 0 Å². The van der Waals surface area contributed by atoms with Crippen LogP contribution in [0.3, 0.4) is 0 Å². The predicted molar refractivity (Wildman–Crippen MR) is 64.7 cm³/mol. The smallest absolute Gasteiger partial charge is 0.330 e. The van der Waals surface area contributed by atoms with Crippen molar-refractivity contribution in [1.82, 2.24) is 15.5 Å². The van der Waals surface area contributed by atoms with E-state index in [2.05, 4.69) is 10.6 Å². The maximum atomic E-state index is 12.2. The molecule has 5 amide bonds. The number of carbonyl (C=O) groups is 4. The molecule has 0 aromatic rings. The summed E-state index contributed by atoms with van der Waals surface area (Å²) in [5.74, 6) is -2.12. The van der Waals surface area contributed by atoms with E-state index in [-0.39, 0.29) is 24.4 Å². The molecule has 0 aromatic carbocycles. The minimum atomic E-state index is -0.838. The predicted octanol–water partition coefficient (Wildman–Crippen LogP) is -0.384. The quantitative estimate of drug-likeness (QED) is 0.681. The molecule has 0 bridgehead atoms. The number of imide groups is 2. The van der Waals surface area contributed by atoms with Crippen molar-refractivity contribution in [3.63, 3.8) is 0 Å². The SMILES string of the molecule is CC(C)C1C(=O)NC(=O)N(CC2CCC(=O)N2)C1=O. The third-order valence-electron chi connectivity index (χ3n) is 3.44. The van der Waals surface area contributed by atoms with Crippen molar-refractivity contribution in [2.45, 2.75) is 32.7 Å². The van der Waals surface area contributed by atoms with Gasteiger partial charge in [-0.25, -0.2) is 4.79 Å². The van der Waals surface area contributed by atoms with Gasteiger partial charge in [-0.15, -0.1) is 0 Å². The Morgan fingerprint density at radius 2 is 1.95 bits per heavy atom. The van der Waals surface area contributed by atoms with Gasteiger partial charge in [0.05, 0.1) is 6.54 Å². The summed E-state index contributed by atoms with van der Waals surface area (Å²) >= 11 is 0. The number of rotatable bonds is 3. The van der Waals surface area contributed by atoms with Crippen LogP contribution in [0.5, 0.6) is 0 Å². The molecule has 0 aromatic heterocycles. The Bertz CT molecular complexity index is 446. The van der Waals surface area contributed by atoms with E-state index in [9.17, 15) is 19.2 Å². The molecule has 0 saturated carbocycles. The maximum absolute atomic E-state index is 12.2.